The van der Waals surface area contributed by atoms with Gasteiger partial charge >= 0.3 is 0 Å². The third-order valence-electron chi connectivity index (χ3n) is 3.45. The first kappa shape index (κ1) is 18.2. The summed E-state index contributed by atoms with van der Waals surface area (Å²) in [5.41, 5.74) is 1.42. The second-order valence-corrected chi connectivity index (χ2v) is 7.00. The van der Waals surface area contributed by atoms with Crippen molar-refractivity contribution in [3.63, 3.8) is 0 Å². The first-order valence-electron chi connectivity index (χ1n) is 7.82. The number of ether oxygens (including phenoxy) is 1. The highest BCUT2D eigenvalue weighted by molar-refractivity contribution is 7.22. The first-order chi connectivity index (χ1) is 12.4. The third kappa shape index (κ3) is 4.30. The summed E-state index contributed by atoms with van der Waals surface area (Å²) in [6.45, 7) is 3.09. The van der Waals surface area contributed by atoms with Crippen LogP contribution in [0, 0.1) is 0 Å². The molecule has 3 rings (SSSR count). The molecule has 3 aromatic rings. The van der Waals surface area contributed by atoms with Gasteiger partial charge in [0.05, 0.1) is 15.2 Å². The van der Waals surface area contributed by atoms with Gasteiger partial charge in [-0.05, 0) is 37.3 Å². The van der Waals surface area contributed by atoms with E-state index in [4.69, 9.17) is 16.3 Å². The number of hydrogen-bond acceptors (Lipinski definition) is 5. The highest BCUT2D eigenvalue weighted by Crippen LogP contribution is 2.29. The van der Waals surface area contributed by atoms with Gasteiger partial charge in [0.15, 0.2) is 11.2 Å². The lowest BCUT2D eigenvalue weighted by Crippen LogP contribution is -2.30. The van der Waals surface area contributed by atoms with Gasteiger partial charge in [-0.25, -0.2) is 4.98 Å². The maximum absolute atomic E-state index is 12.3. The van der Waals surface area contributed by atoms with E-state index in [1.807, 2.05) is 6.07 Å². The molecule has 8 heteroatoms. The van der Waals surface area contributed by atoms with Crippen molar-refractivity contribution < 1.29 is 14.3 Å². The topological polar surface area (TPSA) is 80.3 Å². The second kappa shape index (κ2) is 7.72. The van der Waals surface area contributed by atoms with E-state index >= 15 is 0 Å². The minimum Gasteiger partial charge on any atom is -0.479 e. The first-order valence-corrected chi connectivity index (χ1v) is 9.02. The quantitative estimate of drug-likeness (QED) is 0.681. The van der Waals surface area contributed by atoms with Gasteiger partial charge < -0.3 is 10.1 Å². The van der Waals surface area contributed by atoms with Gasteiger partial charge in [-0.3, -0.25) is 14.9 Å². The van der Waals surface area contributed by atoms with Crippen molar-refractivity contribution in [2.24, 2.45) is 0 Å². The molecule has 0 saturated heterocycles. The molecular formula is C18H16ClN3O3S. The average molecular weight is 390 g/mol. The number of para-hydroxylation sites is 1. The van der Waals surface area contributed by atoms with Gasteiger partial charge in [-0.15, -0.1) is 0 Å². The molecule has 2 amide bonds. The van der Waals surface area contributed by atoms with Gasteiger partial charge in [0.25, 0.3) is 5.91 Å². The van der Waals surface area contributed by atoms with Gasteiger partial charge in [-0.2, -0.15) is 0 Å². The number of hydrogen-bond donors (Lipinski definition) is 2. The van der Waals surface area contributed by atoms with Crippen LogP contribution < -0.4 is 15.4 Å². The second-order valence-electron chi connectivity index (χ2n) is 5.56. The van der Waals surface area contributed by atoms with Gasteiger partial charge in [0, 0.05) is 12.6 Å². The molecule has 0 aliphatic carbocycles. The van der Waals surface area contributed by atoms with Crippen LogP contribution in [0.3, 0.4) is 0 Å². The monoisotopic (exact) mass is 389 g/mol. The number of carbonyl (C=O) groups excluding carboxylic acids is 2. The van der Waals surface area contributed by atoms with Crippen LogP contribution in [-0.4, -0.2) is 22.9 Å². The Kier molecular flexibility index (Phi) is 5.39. The summed E-state index contributed by atoms with van der Waals surface area (Å²) in [6.07, 6.45) is -0.739. The van der Waals surface area contributed by atoms with Crippen LogP contribution in [0.1, 0.15) is 13.8 Å². The number of fused-ring (bicyclic) bond motifs is 1. The zero-order valence-corrected chi connectivity index (χ0v) is 15.6. The number of nitrogens with zero attached hydrogens (tertiary/aromatic N) is 1. The molecule has 0 saturated carbocycles. The number of rotatable bonds is 5. The Balaban J connectivity index is 1.70. The lowest BCUT2D eigenvalue weighted by molar-refractivity contribution is -0.122. The van der Waals surface area contributed by atoms with Crippen molar-refractivity contribution in [1.82, 2.24) is 4.98 Å². The Hall–Kier alpha value is -2.64. The molecule has 6 nitrogen and oxygen atoms in total. The molecule has 0 fully saturated rings. The number of anilines is 2. The number of thiazole rings is 1. The highest BCUT2D eigenvalue weighted by atomic mass is 35.5. The summed E-state index contributed by atoms with van der Waals surface area (Å²) in [5.74, 6) is -0.0277. The van der Waals surface area contributed by atoms with Crippen molar-refractivity contribution in [2.45, 2.75) is 20.0 Å². The van der Waals surface area contributed by atoms with Gasteiger partial charge in [-0.1, -0.05) is 35.1 Å². The zero-order valence-electron chi connectivity index (χ0n) is 14.1. The lowest BCUT2D eigenvalue weighted by Gasteiger charge is -2.14. The number of benzene rings is 2. The average Bonchev–Trinajstić information content (AvgIpc) is 2.97. The van der Waals surface area contributed by atoms with E-state index in [-0.39, 0.29) is 11.8 Å². The molecule has 0 spiro atoms. The van der Waals surface area contributed by atoms with Gasteiger partial charge in [0.2, 0.25) is 5.91 Å². The van der Waals surface area contributed by atoms with E-state index in [9.17, 15) is 9.59 Å². The van der Waals surface area contributed by atoms with Crippen LogP contribution in [0.15, 0.2) is 42.5 Å². The third-order valence-corrected chi connectivity index (χ3v) is 4.69. The molecule has 0 unspecified atom stereocenters. The Labute approximate surface area is 159 Å². The molecule has 2 aromatic carbocycles. The van der Waals surface area contributed by atoms with Crippen molar-refractivity contribution in [1.29, 1.82) is 0 Å². The summed E-state index contributed by atoms with van der Waals surface area (Å²) in [7, 11) is 0. The summed E-state index contributed by atoms with van der Waals surface area (Å²) in [4.78, 5) is 27.9. The Morgan fingerprint density at radius 1 is 1.19 bits per heavy atom. The number of aromatic nitrogens is 1. The molecule has 26 heavy (non-hydrogen) atoms. The van der Waals surface area contributed by atoms with E-state index < -0.39 is 6.10 Å². The predicted octanol–water partition coefficient (Wildman–Crippen LogP) is 4.31. The summed E-state index contributed by atoms with van der Waals surface area (Å²) >= 11 is 7.36. The van der Waals surface area contributed by atoms with Crippen LogP contribution in [0.4, 0.5) is 10.8 Å². The lowest BCUT2D eigenvalue weighted by atomic mass is 10.3. The van der Waals surface area contributed by atoms with Gasteiger partial charge in [0.1, 0.15) is 5.75 Å². The fraction of sp³-hybridized carbons (Fsp3) is 0.167. The molecule has 1 atom stereocenters. The standard InChI is InChI=1S/C18H16ClN3O3S/c1-10(25-15-6-4-3-5-13(15)19)17(24)22-18-21-14-8-7-12(20-11(2)23)9-16(14)26-18/h3-10H,1-2H3,(H,20,23)(H,21,22,24)/t10-/m0/s1. The number of amides is 2. The SMILES string of the molecule is CC(=O)Nc1ccc2nc(NC(=O)[C@H](C)Oc3ccccc3Cl)sc2c1. The normalized spacial score (nSPS) is 11.8. The summed E-state index contributed by atoms with van der Waals surface area (Å²) in [6, 6.07) is 12.3. The smallest absolute Gasteiger partial charge is 0.266 e. The fourth-order valence-corrected chi connectivity index (χ4v) is 3.34. The van der Waals surface area contributed by atoms with E-state index in [0.717, 1.165) is 10.2 Å². The molecule has 2 N–H and O–H groups in total. The molecule has 1 aromatic heterocycles. The minimum absolute atomic E-state index is 0.145. The zero-order chi connectivity index (χ0) is 18.7. The van der Waals surface area contributed by atoms with Crippen LogP contribution in [0.5, 0.6) is 5.75 Å². The van der Waals surface area contributed by atoms with Crippen molar-refractivity contribution >= 4 is 55.8 Å². The highest BCUT2D eigenvalue weighted by Gasteiger charge is 2.18. The number of halogens is 1. The molecule has 0 aliphatic rings. The van der Waals surface area contributed by atoms with Crippen LogP contribution in [0.25, 0.3) is 10.2 Å². The Morgan fingerprint density at radius 3 is 2.69 bits per heavy atom. The fourth-order valence-electron chi connectivity index (χ4n) is 2.25. The van der Waals surface area contributed by atoms with E-state index in [1.54, 1.807) is 43.3 Å². The van der Waals surface area contributed by atoms with Crippen molar-refractivity contribution in [3.05, 3.63) is 47.5 Å². The molecular weight excluding hydrogens is 374 g/mol. The summed E-state index contributed by atoms with van der Waals surface area (Å²) < 4.78 is 6.45. The van der Waals surface area contributed by atoms with Crippen molar-refractivity contribution in [2.75, 3.05) is 10.6 Å². The Morgan fingerprint density at radius 2 is 1.96 bits per heavy atom. The number of carbonyl (C=O) groups is 2. The van der Waals surface area contributed by atoms with E-state index in [0.29, 0.717) is 21.6 Å². The van der Waals surface area contributed by atoms with Crippen LogP contribution in [-0.2, 0) is 9.59 Å². The molecule has 0 bridgehead atoms. The van der Waals surface area contributed by atoms with Crippen LogP contribution >= 0.6 is 22.9 Å². The maximum Gasteiger partial charge on any atom is 0.266 e. The van der Waals surface area contributed by atoms with E-state index in [2.05, 4.69) is 15.6 Å². The maximum atomic E-state index is 12.3. The molecule has 1 heterocycles. The summed E-state index contributed by atoms with van der Waals surface area (Å²) in [5, 5.41) is 6.36. The van der Waals surface area contributed by atoms with E-state index in [1.165, 1.54) is 18.3 Å². The minimum atomic E-state index is -0.739. The largest absolute Gasteiger partial charge is 0.479 e. The Bertz CT molecular complexity index is 973. The molecule has 0 radical (unpaired) electrons. The van der Waals surface area contributed by atoms with Crippen LogP contribution in [0.2, 0.25) is 5.02 Å². The predicted molar refractivity (Wildman–Crippen MR) is 104 cm³/mol. The molecule has 0 aliphatic heterocycles. The molecule has 134 valence electrons. The number of nitrogens with one attached hydrogen (secondary N) is 2. The van der Waals surface area contributed by atoms with Crippen molar-refractivity contribution in [3.8, 4) is 5.75 Å².